The molecule has 2 fully saturated rings. The molecule has 1 amide bonds. The molecule has 1 N–H and O–H groups in total. The summed E-state index contributed by atoms with van der Waals surface area (Å²) in [4.78, 5) is 14.7. The maximum Gasteiger partial charge on any atom is 0.421 e. The van der Waals surface area contributed by atoms with Gasteiger partial charge in [0.15, 0.2) is 5.60 Å². The van der Waals surface area contributed by atoms with Crippen molar-refractivity contribution in [2.75, 3.05) is 30.3 Å². The minimum absolute atomic E-state index is 0.0191. The van der Waals surface area contributed by atoms with Crippen molar-refractivity contribution in [3.8, 4) is 0 Å². The van der Waals surface area contributed by atoms with Gasteiger partial charge in [0, 0.05) is 25.3 Å². The number of anilines is 1. The van der Waals surface area contributed by atoms with Crippen molar-refractivity contribution in [1.82, 2.24) is 4.31 Å². The molecule has 1 aromatic rings. The zero-order valence-electron chi connectivity index (χ0n) is 17.9. The van der Waals surface area contributed by atoms with Crippen LogP contribution >= 0.6 is 0 Å². The van der Waals surface area contributed by atoms with Gasteiger partial charge < -0.3 is 10.0 Å². The summed E-state index contributed by atoms with van der Waals surface area (Å²) < 4.78 is 65.6. The highest BCUT2D eigenvalue weighted by Crippen LogP contribution is 2.44. The number of halogens is 3. The van der Waals surface area contributed by atoms with Crippen molar-refractivity contribution in [3.05, 3.63) is 29.8 Å². The van der Waals surface area contributed by atoms with Crippen molar-refractivity contribution >= 4 is 21.6 Å². The number of hydrogen-bond acceptors (Lipinski definition) is 4. The van der Waals surface area contributed by atoms with Crippen LogP contribution in [0.15, 0.2) is 24.3 Å². The first kappa shape index (κ1) is 24.0. The van der Waals surface area contributed by atoms with Gasteiger partial charge in [-0.3, -0.25) is 4.79 Å². The van der Waals surface area contributed by atoms with Crippen LogP contribution in [-0.4, -0.2) is 55.3 Å². The number of sulfonamides is 1. The molecule has 174 valence electrons. The lowest BCUT2D eigenvalue weighted by Crippen LogP contribution is -2.47. The van der Waals surface area contributed by atoms with Gasteiger partial charge in [0.25, 0.3) is 0 Å². The number of carbonyl (C=O) groups is 1. The molecular formula is C21H29F3N2O4S. The summed E-state index contributed by atoms with van der Waals surface area (Å²) in [5, 5.41) is 9.82. The predicted molar refractivity (Wildman–Crippen MR) is 111 cm³/mol. The molecule has 1 atom stereocenters. The van der Waals surface area contributed by atoms with E-state index in [9.17, 15) is 31.5 Å². The molecule has 0 radical (unpaired) electrons. The van der Waals surface area contributed by atoms with Gasteiger partial charge in [-0.25, -0.2) is 12.7 Å². The van der Waals surface area contributed by atoms with Crippen LogP contribution in [0.25, 0.3) is 0 Å². The first-order valence-corrected chi connectivity index (χ1v) is 12.0. The molecule has 0 aliphatic carbocycles. The number of amides is 1. The Morgan fingerprint density at radius 1 is 1.06 bits per heavy atom. The number of benzene rings is 1. The second kappa shape index (κ2) is 8.04. The van der Waals surface area contributed by atoms with Gasteiger partial charge in [-0.05, 0) is 49.8 Å². The molecule has 2 saturated heterocycles. The number of nitrogens with zero attached hydrogens (tertiary/aromatic N) is 2. The van der Waals surface area contributed by atoms with Gasteiger partial charge in [-0.1, -0.05) is 26.0 Å². The Balaban J connectivity index is 1.71. The summed E-state index contributed by atoms with van der Waals surface area (Å²) in [5.74, 6) is -0.0250. The van der Waals surface area contributed by atoms with Gasteiger partial charge in [-0.15, -0.1) is 0 Å². The van der Waals surface area contributed by atoms with E-state index in [1.165, 1.54) is 28.6 Å². The number of alkyl halides is 3. The molecule has 2 aliphatic heterocycles. The zero-order chi connectivity index (χ0) is 23.2. The molecule has 0 bridgehead atoms. The number of aliphatic hydroxyl groups is 1. The van der Waals surface area contributed by atoms with Crippen LogP contribution in [0.1, 0.15) is 45.6 Å². The Bertz CT molecular complexity index is 919. The molecular weight excluding hydrogens is 433 g/mol. The monoisotopic (exact) mass is 462 g/mol. The summed E-state index contributed by atoms with van der Waals surface area (Å²) >= 11 is 0. The van der Waals surface area contributed by atoms with E-state index in [-0.39, 0.29) is 23.1 Å². The second-order valence-corrected chi connectivity index (χ2v) is 11.2. The van der Waals surface area contributed by atoms with Crippen molar-refractivity contribution in [3.63, 3.8) is 0 Å². The van der Waals surface area contributed by atoms with Crippen LogP contribution < -0.4 is 4.90 Å². The Morgan fingerprint density at radius 3 is 2.06 bits per heavy atom. The second-order valence-electron chi connectivity index (χ2n) is 9.18. The first-order chi connectivity index (χ1) is 14.2. The average molecular weight is 463 g/mol. The van der Waals surface area contributed by atoms with E-state index < -0.39 is 27.2 Å². The Hall–Kier alpha value is -1.65. The summed E-state index contributed by atoms with van der Waals surface area (Å²) in [6, 6.07) is 5.19. The molecule has 10 heteroatoms. The quantitative estimate of drug-likeness (QED) is 0.729. The number of rotatable bonds is 5. The molecule has 1 unspecified atom stereocenters. The van der Waals surface area contributed by atoms with Gasteiger partial charge in [0.05, 0.1) is 11.2 Å². The third-order valence-electron chi connectivity index (χ3n) is 6.42. The van der Waals surface area contributed by atoms with Crippen molar-refractivity contribution in [1.29, 1.82) is 0 Å². The van der Waals surface area contributed by atoms with Crippen LogP contribution in [0.5, 0.6) is 0 Å². The topological polar surface area (TPSA) is 77.9 Å². The Labute approximate surface area is 181 Å². The normalized spacial score (nSPS) is 22.3. The van der Waals surface area contributed by atoms with Gasteiger partial charge in [-0.2, -0.15) is 13.2 Å². The van der Waals surface area contributed by atoms with Crippen LogP contribution in [0.2, 0.25) is 0 Å². The van der Waals surface area contributed by atoms with E-state index in [0.717, 1.165) is 0 Å². The van der Waals surface area contributed by atoms with Crippen molar-refractivity contribution in [2.24, 2.45) is 11.3 Å². The van der Waals surface area contributed by atoms with E-state index in [1.54, 1.807) is 4.90 Å². The lowest BCUT2D eigenvalue weighted by molar-refractivity contribution is -0.258. The molecule has 6 nitrogen and oxygen atoms in total. The number of hydrogen-bond donors (Lipinski definition) is 1. The van der Waals surface area contributed by atoms with E-state index in [1.807, 2.05) is 13.8 Å². The van der Waals surface area contributed by atoms with E-state index >= 15 is 0 Å². The molecule has 0 aromatic heterocycles. The maximum absolute atomic E-state index is 13.2. The maximum atomic E-state index is 13.2. The highest BCUT2D eigenvalue weighted by molar-refractivity contribution is 7.89. The first-order valence-electron chi connectivity index (χ1n) is 10.4. The highest BCUT2D eigenvalue weighted by atomic mass is 32.2. The molecule has 0 saturated carbocycles. The summed E-state index contributed by atoms with van der Waals surface area (Å²) in [7, 11) is -3.35. The van der Waals surface area contributed by atoms with Gasteiger partial charge in [0.1, 0.15) is 0 Å². The minimum Gasteiger partial charge on any atom is -0.376 e. The lowest BCUT2D eigenvalue weighted by atomic mass is 9.77. The van der Waals surface area contributed by atoms with E-state index in [0.29, 0.717) is 51.5 Å². The zero-order valence-corrected chi connectivity index (χ0v) is 18.8. The van der Waals surface area contributed by atoms with Crippen LogP contribution in [0.4, 0.5) is 18.9 Å². The van der Waals surface area contributed by atoms with Crippen LogP contribution in [0, 0.1) is 11.3 Å². The highest BCUT2D eigenvalue weighted by Gasteiger charge is 2.52. The summed E-state index contributed by atoms with van der Waals surface area (Å²) in [6.07, 6.45) is -3.38. The third kappa shape index (κ3) is 4.47. The van der Waals surface area contributed by atoms with Crippen LogP contribution in [0.3, 0.4) is 0 Å². The summed E-state index contributed by atoms with van der Waals surface area (Å²) in [6.45, 7) is 5.40. The largest absolute Gasteiger partial charge is 0.421 e. The van der Waals surface area contributed by atoms with Gasteiger partial charge >= 0.3 is 6.18 Å². The standard InChI is InChI=1S/C21H29F3N2O4S/c1-15(2)14-31(29,30)25-11-8-20(9-12-25)10-13-26(18(20)27)17-6-4-16(5-7-17)19(3,28)21(22,23)24/h4-7,15,28H,8-14H2,1-3H3. The van der Waals surface area contributed by atoms with Gasteiger partial charge in [0.2, 0.25) is 15.9 Å². The molecule has 1 spiro atoms. The smallest absolute Gasteiger partial charge is 0.376 e. The molecule has 2 heterocycles. The Morgan fingerprint density at radius 2 is 1.58 bits per heavy atom. The molecule has 31 heavy (non-hydrogen) atoms. The SMILES string of the molecule is CC(C)CS(=O)(=O)N1CCC2(CCN(c3ccc(C(C)(O)C(F)(F)F)cc3)C2=O)CC1. The van der Waals surface area contributed by atoms with Crippen LogP contribution in [-0.2, 0) is 20.4 Å². The predicted octanol–water partition coefficient (Wildman–Crippen LogP) is 3.26. The lowest BCUT2D eigenvalue weighted by Gasteiger charge is -2.37. The average Bonchev–Trinajstić information content (AvgIpc) is 2.96. The van der Waals surface area contributed by atoms with E-state index in [2.05, 4.69) is 0 Å². The Kier molecular flexibility index (Phi) is 6.23. The number of carbonyl (C=O) groups excluding carboxylic acids is 1. The fourth-order valence-electron chi connectivity index (χ4n) is 4.38. The molecule has 1 aromatic carbocycles. The molecule has 2 aliphatic rings. The number of piperidine rings is 1. The minimum atomic E-state index is -4.81. The van der Waals surface area contributed by atoms with E-state index in [4.69, 9.17) is 0 Å². The fourth-order valence-corrected chi connectivity index (χ4v) is 6.17. The third-order valence-corrected chi connectivity index (χ3v) is 8.66. The summed E-state index contributed by atoms with van der Waals surface area (Å²) in [5.41, 5.74) is -3.44. The van der Waals surface area contributed by atoms with Crippen molar-refractivity contribution < 1.29 is 31.5 Å². The fraction of sp³-hybridized carbons (Fsp3) is 0.667. The van der Waals surface area contributed by atoms with Crippen molar-refractivity contribution in [2.45, 2.75) is 51.8 Å². The molecule has 3 rings (SSSR count).